The van der Waals surface area contributed by atoms with E-state index in [4.69, 9.17) is 14.2 Å². The lowest BCUT2D eigenvalue weighted by molar-refractivity contribution is -0.132. The Bertz CT molecular complexity index is 949. The van der Waals surface area contributed by atoms with Crippen LogP contribution in [0.25, 0.3) is 0 Å². The Kier molecular flexibility index (Phi) is 13.1. The van der Waals surface area contributed by atoms with Gasteiger partial charge in [-0.25, -0.2) is 4.79 Å². The number of ether oxygens (including phenoxy) is 3. The smallest absolute Gasteiger partial charge is 0.317 e. The molecular formula is C27H41N3O5S. The molecule has 9 heteroatoms. The average molecular weight is 520 g/mol. The van der Waals surface area contributed by atoms with Gasteiger partial charge in [0, 0.05) is 43.1 Å². The lowest BCUT2D eigenvalue weighted by atomic mass is 10.1. The highest BCUT2D eigenvalue weighted by atomic mass is 32.1. The van der Waals surface area contributed by atoms with Crippen molar-refractivity contribution in [3.8, 4) is 11.5 Å². The fourth-order valence-electron chi connectivity index (χ4n) is 3.75. The number of benzene rings is 1. The van der Waals surface area contributed by atoms with Gasteiger partial charge in [-0.2, -0.15) is 0 Å². The first-order valence-corrected chi connectivity index (χ1v) is 13.3. The second-order valence-electron chi connectivity index (χ2n) is 8.62. The zero-order chi connectivity index (χ0) is 26.3. The maximum atomic E-state index is 13.5. The molecule has 36 heavy (non-hydrogen) atoms. The van der Waals surface area contributed by atoms with Gasteiger partial charge >= 0.3 is 6.03 Å². The third kappa shape index (κ3) is 9.70. The summed E-state index contributed by atoms with van der Waals surface area (Å²) < 4.78 is 15.9. The highest BCUT2D eigenvalue weighted by molar-refractivity contribution is 7.11. The highest BCUT2D eigenvalue weighted by Crippen LogP contribution is 2.28. The number of nitrogens with zero attached hydrogens (tertiary/aromatic N) is 2. The van der Waals surface area contributed by atoms with Gasteiger partial charge in [0.25, 0.3) is 0 Å². The number of hydrogen-bond donors (Lipinski definition) is 1. The molecule has 1 heterocycles. The van der Waals surface area contributed by atoms with Crippen molar-refractivity contribution in [2.24, 2.45) is 0 Å². The van der Waals surface area contributed by atoms with Crippen molar-refractivity contribution in [3.63, 3.8) is 0 Å². The first kappa shape index (κ1) is 29.5. The van der Waals surface area contributed by atoms with Gasteiger partial charge in [-0.3, -0.25) is 4.79 Å². The second kappa shape index (κ2) is 16.1. The zero-order valence-electron chi connectivity index (χ0n) is 22.3. The molecule has 3 amide bonds. The van der Waals surface area contributed by atoms with Crippen molar-refractivity contribution in [1.82, 2.24) is 15.1 Å². The molecule has 0 aliphatic heterocycles. The molecular weight excluding hydrogens is 478 g/mol. The molecule has 2 aromatic rings. The van der Waals surface area contributed by atoms with E-state index in [-0.39, 0.29) is 18.5 Å². The molecule has 8 nitrogen and oxygen atoms in total. The van der Waals surface area contributed by atoms with E-state index in [0.717, 1.165) is 23.3 Å². The Balaban J connectivity index is 2.15. The molecule has 0 aliphatic carbocycles. The Morgan fingerprint density at radius 3 is 2.39 bits per heavy atom. The predicted octanol–water partition coefficient (Wildman–Crippen LogP) is 4.49. The summed E-state index contributed by atoms with van der Waals surface area (Å²) in [6, 6.07) is 9.72. The van der Waals surface area contributed by atoms with Crippen LogP contribution >= 0.6 is 11.3 Å². The van der Waals surface area contributed by atoms with E-state index in [9.17, 15) is 9.59 Å². The van der Waals surface area contributed by atoms with Crippen LogP contribution in [0.1, 0.15) is 41.5 Å². The van der Waals surface area contributed by atoms with Gasteiger partial charge in [0.05, 0.1) is 20.8 Å². The molecule has 0 spiro atoms. The second-order valence-corrected chi connectivity index (χ2v) is 9.99. The third-order valence-corrected chi connectivity index (χ3v) is 6.80. The maximum absolute atomic E-state index is 13.5. The van der Waals surface area contributed by atoms with Crippen LogP contribution in [0.15, 0.2) is 30.3 Å². The summed E-state index contributed by atoms with van der Waals surface area (Å²) in [7, 11) is 4.85. The van der Waals surface area contributed by atoms with E-state index in [1.54, 1.807) is 37.6 Å². The number of unbranched alkanes of at least 4 members (excludes halogenated alkanes) is 1. The first-order chi connectivity index (χ1) is 17.4. The Morgan fingerprint density at radius 2 is 1.75 bits per heavy atom. The number of amides is 3. The van der Waals surface area contributed by atoms with Gasteiger partial charge in [0.15, 0.2) is 11.5 Å². The summed E-state index contributed by atoms with van der Waals surface area (Å²) in [5.74, 6) is 1.25. The van der Waals surface area contributed by atoms with Crippen molar-refractivity contribution >= 4 is 23.3 Å². The van der Waals surface area contributed by atoms with Crippen molar-refractivity contribution in [3.05, 3.63) is 45.6 Å². The van der Waals surface area contributed by atoms with Crippen LogP contribution in [0.3, 0.4) is 0 Å². The number of carbonyl (C=O) groups excluding carboxylic acids is 2. The van der Waals surface area contributed by atoms with Gasteiger partial charge in [0.2, 0.25) is 5.91 Å². The SMILES string of the molecule is CCCCNC(=O)N(CCCOC)CC(=O)N(CCc1ccc(OC)c(OC)c1)Cc1ccc(C)s1. The van der Waals surface area contributed by atoms with E-state index < -0.39 is 0 Å². The third-order valence-electron chi connectivity index (χ3n) is 5.81. The van der Waals surface area contributed by atoms with E-state index in [2.05, 4.69) is 31.3 Å². The first-order valence-electron chi connectivity index (χ1n) is 12.5. The predicted molar refractivity (Wildman–Crippen MR) is 144 cm³/mol. The lowest BCUT2D eigenvalue weighted by Crippen LogP contribution is -2.47. The fourth-order valence-corrected chi connectivity index (χ4v) is 4.66. The molecule has 200 valence electrons. The Labute approximate surface area is 219 Å². The number of thiophene rings is 1. The number of nitrogens with one attached hydrogen (secondary N) is 1. The highest BCUT2D eigenvalue weighted by Gasteiger charge is 2.22. The van der Waals surface area contributed by atoms with Crippen molar-refractivity contribution in [2.75, 3.05) is 54.1 Å². The van der Waals surface area contributed by atoms with Gasteiger partial charge in [-0.1, -0.05) is 19.4 Å². The summed E-state index contributed by atoms with van der Waals surface area (Å²) in [4.78, 5) is 32.1. The Morgan fingerprint density at radius 1 is 0.972 bits per heavy atom. The Hall–Kier alpha value is -2.78. The normalized spacial score (nSPS) is 10.7. The topological polar surface area (TPSA) is 80.3 Å². The summed E-state index contributed by atoms with van der Waals surface area (Å²) in [5.41, 5.74) is 1.04. The summed E-state index contributed by atoms with van der Waals surface area (Å²) in [6.45, 7) is 6.78. The van der Waals surface area contributed by atoms with Crippen LogP contribution < -0.4 is 14.8 Å². The monoisotopic (exact) mass is 519 g/mol. The number of aryl methyl sites for hydroxylation is 1. The molecule has 2 rings (SSSR count). The number of methoxy groups -OCH3 is 3. The van der Waals surface area contributed by atoms with Crippen molar-refractivity contribution in [1.29, 1.82) is 0 Å². The molecule has 0 bridgehead atoms. The van der Waals surface area contributed by atoms with Gasteiger partial charge in [-0.05, 0) is 56.0 Å². The molecule has 0 radical (unpaired) electrons. The summed E-state index contributed by atoms with van der Waals surface area (Å²) >= 11 is 1.68. The molecule has 0 saturated heterocycles. The molecule has 1 N–H and O–H groups in total. The quantitative estimate of drug-likeness (QED) is 0.331. The van der Waals surface area contributed by atoms with E-state index in [1.165, 1.54) is 4.88 Å². The largest absolute Gasteiger partial charge is 0.493 e. The molecule has 1 aromatic heterocycles. The van der Waals surface area contributed by atoms with Gasteiger partial charge in [0.1, 0.15) is 6.54 Å². The summed E-state index contributed by atoms with van der Waals surface area (Å²) in [6.07, 6.45) is 3.22. The minimum atomic E-state index is -0.209. The average Bonchev–Trinajstić information content (AvgIpc) is 3.30. The fraction of sp³-hybridized carbons (Fsp3) is 0.556. The number of hydrogen-bond acceptors (Lipinski definition) is 6. The van der Waals surface area contributed by atoms with Crippen molar-refractivity contribution < 1.29 is 23.8 Å². The van der Waals surface area contributed by atoms with Crippen LogP contribution in [0.4, 0.5) is 4.79 Å². The van der Waals surface area contributed by atoms with Gasteiger partial charge in [-0.15, -0.1) is 11.3 Å². The molecule has 0 fully saturated rings. The van der Waals surface area contributed by atoms with Gasteiger partial charge < -0.3 is 29.3 Å². The molecule has 0 aliphatic rings. The van der Waals surface area contributed by atoms with Crippen LogP contribution in [0, 0.1) is 6.92 Å². The van der Waals surface area contributed by atoms with E-state index >= 15 is 0 Å². The van der Waals surface area contributed by atoms with Crippen LogP contribution in [-0.2, 0) is 22.5 Å². The molecule has 0 saturated carbocycles. The molecule has 1 aromatic carbocycles. The zero-order valence-corrected chi connectivity index (χ0v) is 23.1. The van der Waals surface area contributed by atoms with Crippen molar-refractivity contribution in [2.45, 2.75) is 46.1 Å². The number of urea groups is 1. The lowest BCUT2D eigenvalue weighted by Gasteiger charge is -2.28. The molecule has 0 unspecified atom stereocenters. The van der Waals surface area contributed by atoms with Crippen LogP contribution in [-0.4, -0.2) is 75.9 Å². The van der Waals surface area contributed by atoms with Crippen LogP contribution in [0.5, 0.6) is 11.5 Å². The number of rotatable bonds is 16. The van der Waals surface area contributed by atoms with Crippen LogP contribution in [0.2, 0.25) is 0 Å². The summed E-state index contributed by atoms with van der Waals surface area (Å²) in [5, 5.41) is 2.94. The minimum Gasteiger partial charge on any atom is -0.493 e. The van der Waals surface area contributed by atoms with E-state index in [0.29, 0.717) is 57.1 Å². The maximum Gasteiger partial charge on any atom is 0.317 e. The minimum absolute atomic E-state index is 0.0258. The number of carbonyl (C=O) groups is 2. The van der Waals surface area contributed by atoms with E-state index in [1.807, 2.05) is 23.1 Å². The standard InChI is InChI=1S/C27H41N3O5S/c1-6-7-14-28-27(32)30(15-8-17-33-3)20-26(31)29(19-23-11-9-21(2)36-23)16-13-22-10-12-24(34-4)25(18-22)35-5/h9-12,18H,6-8,13-17,19-20H2,1-5H3,(H,28,32). The molecule has 0 atom stereocenters.